The third-order valence-electron chi connectivity index (χ3n) is 6.42. The summed E-state index contributed by atoms with van der Waals surface area (Å²) in [5.74, 6) is -1.06. The molecule has 0 heterocycles. The second-order valence-electron chi connectivity index (χ2n) is 10.4. The molecule has 0 bridgehead atoms. The van der Waals surface area contributed by atoms with Gasteiger partial charge in [-0.1, -0.05) is 89.5 Å². The molecule has 3 unspecified atom stereocenters. The lowest BCUT2D eigenvalue weighted by molar-refractivity contribution is -0.153. The lowest BCUT2D eigenvalue weighted by Crippen LogP contribution is -2.28. The van der Waals surface area contributed by atoms with E-state index in [9.17, 15) is 29.3 Å². The predicted octanol–water partition coefficient (Wildman–Crippen LogP) is 6.71. The van der Waals surface area contributed by atoms with E-state index in [4.69, 9.17) is 18.5 Å². The smallest absolute Gasteiger partial charge is 0.457 e. The average molecular weight is 621 g/mol. The first-order valence-electron chi connectivity index (χ1n) is 15.8. The van der Waals surface area contributed by atoms with Gasteiger partial charge in [-0.05, 0) is 44.9 Å². The van der Waals surface area contributed by atoms with Crippen LogP contribution < -0.4 is 0 Å². The van der Waals surface area contributed by atoms with Crippen LogP contribution in [0.2, 0.25) is 0 Å². The van der Waals surface area contributed by atoms with E-state index >= 15 is 0 Å². The molecular weight excluding hydrogens is 563 g/mol. The Labute approximate surface area is 253 Å². The number of hydrogen-bond donors (Lipinski definition) is 3. The fraction of sp³-hybridized carbons (Fsp3) is 0.806. The van der Waals surface area contributed by atoms with E-state index < -0.39 is 58.4 Å². The van der Waals surface area contributed by atoms with Crippen LogP contribution in [0.1, 0.15) is 123 Å². The van der Waals surface area contributed by atoms with Crippen LogP contribution in [0.25, 0.3) is 0 Å². The highest BCUT2D eigenvalue weighted by Crippen LogP contribution is 2.43. The van der Waals surface area contributed by atoms with E-state index in [1.807, 2.05) is 6.92 Å². The van der Waals surface area contributed by atoms with Crippen LogP contribution >= 0.6 is 7.82 Å². The van der Waals surface area contributed by atoms with Gasteiger partial charge in [-0.2, -0.15) is 0 Å². The molecule has 10 nitrogen and oxygen atoms in total. The van der Waals surface area contributed by atoms with Crippen LogP contribution in [0.4, 0.5) is 0 Å². The molecule has 0 aliphatic carbocycles. The molecule has 0 aromatic rings. The Bertz CT molecular complexity index is 771. The Kier molecular flexibility index (Phi) is 27.2. The van der Waals surface area contributed by atoms with Crippen LogP contribution in [0.5, 0.6) is 0 Å². The van der Waals surface area contributed by atoms with Gasteiger partial charge in [0, 0.05) is 12.8 Å². The number of aliphatic hydroxyl groups excluding tert-OH is 2. The molecular formula is C31H57O10P. The fourth-order valence-electron chi connectivity index (χ4n) is 3.91. The number of unbranched alkanes of at least 4 members (excludes halogenated alkanes) is 11. The summed E-state index contributed by atoms with van der Waals surface area (Å²) in [5.41, 5.74) is 0. The normalized spacial score (nSPS) is 14.7. The first-order valence-corrected chi connectivity index (χ1v) is 17.3. The van der Waals surface area contributed by atoms with Crippen LogP contribution in [0.15, 0.2) is 24.3 Å². The highest BCUT2D eigenvalue weighted by molar-refractivity contribution is 7.47. The molecule has 3 N–H and O–H groups in total. The van der Waals surface area contributed by atoms with Crippen LogP contribution in [0, 0.1) is 0 Å². The monoisotopic (exact) mass is 620 g/mol. The Morgan fingerprint density at radius 3 is 1.52 bits per heavy atom. The van der Waals surface area contributed by atoms with E-state index in [2.05, 4.69) is 31.2 Å². The van der Waals surface area contributed by atoms with Gasteiger partial charge in [-0.25, -0.2) is 4.57 Å². The predicted molar refractivity (Wildman–Crippen MR) is 164 cm³/mol. The standard InChI is InChI=1S/C31H57O10P/c1-3-5-7-8-9-10-11-12-13-14-15-16-17-18-19-21-23-31(35)41-29(25-33)27-39-42(36,37)38-26-28(24-32)40-30(34)22-20-6-4-2/h10-11,13-14,28-29,32-33H,3-9,12,15-27H2,1-2H3,(H,36,37)/b11-10-,14-13-. The van der Waals surface area contributed by atoms with Crippen molar-refractivity contribution in [2.45, 2.75) is 135 Å². The Hall–Kier alpha value is -1.55. The summed E-state index contributed by atoms with van der Waals surface area (Å²) >= 11 is 0. The molecule has 0 aromatic carbocycles. The van der Waals surface area contributed by atoms with Gasteiger partial charge in [-0.3, -0.25) is 18.6 Å². The van der Waals surface area contributed by atoms with Gasteiger partial charge in [0.1, 0.15) is 12.2 Å². The van der Waals surface area contributed by atoms with Gasteiger partial charge in [0.15, 0.2) is 0 Å². The lowest BCUT2D eigenvalue weighted by atomic mass is 10.1. The van der Waals surface area contributed by atoms with Crippen molar-refractivity contribution in [3.8, 4) is 0 Å². The van der Waals surface area contributed by atoms with Crippen LogP contribution in [0.3, 0.4) is 0 Å². The summed E-state index contributed by atoms with van der Waals surface area (Å²) in [6.45, 7) is 1.92. The molecule has 0 saturated carbocycles. The number of phosphoric acid groups is 1. The summed E-state index contributed by atoms with van der Waals surface area (Å²) in [7, 11) is -4.61. The molecule has 0 fully saturated rings. The summed E-state index contributed by atoms with van der Waals surface area (Å²) in [6, 6.07) is 0. The maximum Gasteiger partial charge on any atom is 0.472 e. The molecule has 0 aliphatic heterocycles. The molecule has 42 heavy (non-hydrogen) atoms. The van der Waals surface area contributed by atoms with Crippen molar-refractivity contribution in [3.63, 3.8) is 0 Å². The van der Waals surface area contributed by atoms with E-state index in [1.165, 1.54) is 32.1 Å². The summed E-state index contributed by atoms with van der Waals surface area (Å²) in [6.07, 6.45) is 22.6. The molecule has 0 aliphatic rings. The number of carbonyl (C=O) groups excluding carboxylic acids is 2. The zero-order chi connectivity index (χ0) is 31.3. The van der Waals surface area contributed by atoms with Crippen LogP contribution in [-0.4, -0.2) is 65.7 Å². The zero-order valence-corrected chi connectivity index (χ0v) is 26.9. The number of ether oxygens (including phenoxy) is 2. The topological polar surface area (TPSA) is 149 Å². The summed E-state index contributed by atoms with van der Waals surface area (Å²) in [4.78, 5) is 33.7. The Balaban J connectivity index is 3.99. The Morgan fingerprint density at radius 2 is 1.05 bits per heavy atom. The highest BCUT2D eigenvalue weighted by Gasteiger charge is 2.27. The van der Waals surface area contributed by atoms with E-state index in [-0.39, 0.29) is 12.8 Å². The number of hydrogen-bond acceptors (Lipinski definition) is 9. The van der Waals surface area contributed by atoms with Crippen molar-refractivity contribution in [2.24, 2.45) is 0 Å². The molecule has 0 spiro atoms. The van der Waals surface area contributed by atoms with Crippen LogP contribution in [-0.2, 0) is 32.7 Å². The quantitative estimate of drug-likeness (QED) is 0.0356. The minimum Gasteiger partial charge on any atom is -0.457 e. The van der Waals surface area contributed by atoms with Gasteiger partial charge in [-0.15, -0.1) is 0 Å². The zero-order valence-electron chi connectivity index (χ0n) is 26.0. The van der Waals surface area contributed by atoms with E-state index in [1.54, 1.807) is 0 Å². The van der Waals surface area contributed by atoms with Gasteiger partial charge in [0.2, 0.25) is 0 Å². The maximum atomic E-state index is 12.1. The van der Waals surface area contributed by atoms with E-state index in [0.29, 0.717) is 12.8 Å². The summed E-state index contributed by atoms with van der Waals surface area (Å²) in [5, 5.41) is 18.8. The summed E-state index contributed by atoms with van der Waals surface area (Å²) < 4.78 is 31.9. The number of rotatable bonds is 29. The van der Waals surface area contributed by atoms with Crippen molar-refractivity contribution in [1.82, 2.24) is 0 Å². The Morgan fingerprint density at radius 1 is 0.643 bits per heavy atom. The number of aliphatic hydroxyl groups is 2. The second-order valence-corrected chi connectivity index (χ2v) is 11.9. The largest absolute Gasteiger partial charge is 0.472 e. The molecule has 11 heteroatoms. The van der Waals surface area contributed by atoms with E-state index in [0.717, 1.165) is 51.4 Å². The first-order chi connectivity index (χ1) is 20.3. The first kappa shape index (κ1) is 40.5. The minimum atomic E-state index is -4.61. The molecule has 246 valence electrons. The van der Waals surface area contributed by atoms with Crippen molar-refractivity contribution in [1.29, 1.82) is 0 Å². The molecule has 0 rings (SSSR count). The van der Waals surface area contributed by atoms with Crippen molar-refractivity contribution >= 4 is 19.8 Å². The average Bonchev–Trinajstić information content (AvgIpc) is 2.97. The highest BCUT2D eigenvalue weighted by atomic mass is 31.2. The third kappa shape index (κ3) is 26.1. The second kappa shape index (κ2) is 28.2. The molecule has 0 saturated heterocycles. The maximum absolute atomic E-state index is 12.1. The van der Waals surface area contributed by atoms with Gasteiger partial charge in [0.25, 0.3) is 0 Å². The number of allylic oxidation sites excluding steroid dienone is 4. The van der Waals surface area contributed by atoms with Crippen molar-refractivity contribution in [2.75, 3.05) is 26.4 Å². The molecule has 0 radical (unpaired) electrons. The minimum absolute atomic E-state index is 0.177. The number of carbonyl (C=O) groups is 2. The van der Waals surface area contributed by atoms with Gasteiger partial charge >= 0.3 is 19.8 Å². The molecule has 0 amide bonds. The fourth-order valence-corrected chi connectivity index (χ4v) is 4.69. The number of esters is 2. The third-order valence-corrected chi connectivity index (χ3v) is 7.37. The SMILES string of the molecule is CCCCCC/C=C\C/C=C\CCCCCCCC(=O)OC(CO)COP(=O)(O)OCC(CO)OC(=O)CCCCC. The van der Waals surface area contributed by atoms with Crippen molar-refractivity contribution in [3.05, 3.63) is 24.3 Å². The lowest BCUT2D eigenvalue weighted by Gasteiger charge is -2.20. The molecule has 3 atom stereocenters. The van der Waals surface area contributed by atoms with Gasteiger partial charge < -0.3 is 24.6 Å². The van der Waals surface area contributed by atoms with Gasteiger partial charge in [0.05, 0.1) is 26.4 Å². The van der Waals surface area contributed by atoms with Crippen molar-refractivity contribution < 1.29 is 47.8 Å². The number of phosphoric ester groups is 1. The molecule has 0 aromatic heterocycles.